The second kappa shape index (κ2) is 8.66. The van der Waals surface area contributed by atoms with E-state index in [1.54, 1.807) is 14.2 Å². The molecular formula is C21H26N2O4. The largest absolute Gasteiger partial charge is 0.493 e. The second-order valence-electron chi connectivity index (χ2n) is 6.38. The normalized spacial score (nSPS) is 15.0. The Morgan fingerprint density at radius 2 is 1.85 bits per heavy atom. The summed E-state index contributed by atoms with van der Waals surface area (Å²) in [5.74, 6) is 1.73. The molecule has 3 rings (SSSR count). The van der Waals surface area contributed by atoms with Gasteiger partial charge in [0.15, 0.2) is 11.5 Å². The number of benzene rings is 2. The topological polar surface area (TPSA) is 68.8 Å². The summed E-state index contributed by atoms with van der Waals surface area (Å²) in [6.45, 7) is 2.77. The molecule has 0 spiro atoms. The summed E-state index contributed by atoms with van der Waals surface area (Å²) in [7, 11) is 3.16. The average molecular weight is 370 g/mol. The van der Waals surface area contributed by atoms with E-state index in [4.69, 9.17) is 14.2 Å². The van der Waals surface area contributed by atoms with Crippen LogP contribution in [0.15, 0.2) is 36.4 Å². The summed E-state index contributed by atoms with van der Waals surface area (Å²) < 4.78 is 16.4. The molecule has 0 aromatic heterocycles. The van der Waals surface area contributed by atoms with Crippen molar-refractivity contribution in [2.75, 3.05) is 20.8 Å². The van der Waals surface area contributed by atoms with E-state index in [2.05, 4.69) is 22.8 Å². The number of methoxy groups -OCH3 is 2. The predicted octanol–water partition coefficient (Wildman–Crippen LogP) is 3.59. The summed E-state index contributed by atoms with van der Waals surface area (Å²) >= 11 is 0. The third kappa shape index (κ3) is 4.27. The molecule has 0 bridgehead atoms. The fourth-order valence-corrected chi connectivity index (χ4v) is 3.42. The summed E-state index contributed by atoms with van der Waals surface area (Å²) in [6, 6.07) is 11.8. The van der Waals surface area contributed by atoms with E-state index < -0.39 is 0 Å². The molecule has 27 heavy (non-hydrogen) atoms. The molecule has 144 valence electrons. The van der Waals surface area contributed by atoms with Crippen molar-refractivity contribution in [3.8, 4) is 17.2 Å². The van der Waals surface area contributed by atoms with Gasteiger partial charge in [0.1, 0.15) is 0 Å². The summed E-state index contributed by atoms with van der Waals surface area (Å²) in [5.41, 5.74) is 3.38. The number of aryl methyl sites for hydroxylation is 1. The zero-order valence-electron chi connectivity index (χ0n) is 16.0. The van der Waals surface area contributed by atoms with Gasteiger partial charge >= 0.3 is 6.03 Å². The first kappa shape index (κ1) is 18.9. The van der Waals surface area contributed by atoms with Crippen molar-refractivity contribution >= 4 is 6.03 Å². The molecule has 6 heteroatoms. The van der Waals surface area contributed by atoms with Gasteiger partial charge in [-0.25, -0.2) is 4.79 Å². The second-order valence-corrected chi connectivity index (χ2v) is 6.38. The number of carbonyl (C=O) groups is 1. The molecule has 1 unspecified atom stereocenters. The van der Waals surface area contributed by atoms with Gasteiger partial charge in [-0.05, 0) is 48.6 Å². The van der Waals surface area contributed by atoms with Crippen LogP contribution < -0.4 is 24.8 Å². The average Bonchev–Trinajstić information content (AvgIpc) is 3.10. The highest BCUT2D eigenvalue weighted by Crippen LogP contribution is 2.38. The van der Waals surface area contributed by atoms with Crippen molar-refractivity contribution in [3.05, 3.63) is 53.1 Å². The Kier molecular flexibility index (Phi) is 6.06. The molecule has 6 nitrogen and oxygen atoms in total. The number of rotatable bonds is 7. The Morgan fingerprint density at radius 1 is 1.15 bits per heavy atom. The van der Waals surface area contributed by atoms with Crippen LogP contribution in [0.1, 0.15) is 36.1 Å². The van der Waals surface area contributed by atoms with E-state index >= 15 is 0 Å². The van der Waals surface area contributed by atoms with E-state index in [9.17, 15) is 4.79 Å². The first-order chi connectivity index (χ1) is 13.2. The lowest BCUT2D eigenvalue weighted by molar-refractivity contribution is 0.236. The van der Waals surface area contributed by atoms with Crippen LogP contribution in [0.2, 0.25) is 0 Å². The molecule has 0 aliphatic heterocycles. The van der Waals surface area contributed by atoms with E-state index in [0.29, 0.717) is 30.4 Å². The number of hydrogen-bond donors (Lipinski definition) is 2. The quantitative estimate of drug-likeness (QED) is 0.782. The first-order valence-electron chi connectivity index (χ1n) is 9.16. The van der Waals surface area contributed by atoms with E-state index in [1.165, 1.54) is 11.1 Å². The fraction of sp³-hybridized carbons (Fsp3) is 0.381. The summed E-state index contributed by atoms with van der Waals surface area (Å²) in [6.07, 6.45) is 1.92. The van der Waals surface area contributed by atoms with Gasteiger partial charge in [-0.2, -0.15) is 0 Å². The van der Waals surface area contributed by atoms with Crippen molar-refractivity contribution in [2.24, 2.45) is 0 Å². The maximum atomic E-state index is 12.4. The van der Waals surface area contributed by atoms with Crippen LogP contribution in [-0.4, -0.2) is 26.9 Å². The summed E-state index contributed by atoms with van der Waals surface area (Å²) in [5, 5.41) is 5.97. The third-order valence-corrected chi connectivity index (χ3v) is 4.70. The SMILES string of the molecule is CCOc1c(OC)cc(CNC(=O)NC2CCc3ccccc32)cc1OC. The zero-order valence-corrected chi connectivity index (χ0v) is 16.0. The van der Waals surface area contributed by atoms with Crippen molar-refractivity contribution in [3.63, 3.8) is 0 Å². The molecular weight excluding hydrogens is 344 g/mol. The van der Waals surface area contributed by atoms with Crippen molar-refractivity contribution in [1.29, 1.82) is 0 Å². The Morgan fingerprint density at radius 3 is 2.52 bits per heavy atom. The predicted molar refractivity (Wildman–Crippen MR) is 104 cm³/mol. The van der Waals surface area contributed by atoms with Crippen molar-refractivity contribution in [1.82, 2.24) is 10.6 Å². The highest BCUT2D eigenvalue weighted by Gasteiger charge is 2.23. The molecule has 2 aromatic rings. The van der Waals surface area contributed by atoms with E-state index in [-0.39, 0.29) is 12.1 Å². The van der Waals surface area contributed by atoms with Crippen LogP contribution in [0.25, 0.3) is 0 Å². The number of nitrogens with one attached hydrogen (secondary N) is 2. The monoisotopic (exact) mass is 370 g/mol. The van der Waals surface area contributed by atoms with Gasteiger partial charge in [-0.3, -0.25) is 0 Å². The molecule has 0 heterocycles. The molecule has 2 amide bonds. The van der Waals surface area contributed by atoms with Gasteiger partial charge in [0.25, 0.3) is 0 Å². The van der Waals surface area contributed by atoms with Gasteiger partial charge in [0, 0.05) is 6.54 Å². The molecule has 2 N–H and O–H groups in total. The van der Waals surface area contributed by atoms with Crippen molar-refractivity contribution in [2.45, 2.75) is 32.4 Å². The third-order valence-electron chi connectivity index (χ3n) is 4.70. The maximum Gasteiger partial charge on any atom is 0.315 e. The van der Waals surface area contributed by atoms with Gasteiger partial charge in [-0.1, -0.05) is 24.3 Å². The summed E-state index contributed by atoms with van der Waals surface area (Å²) in [4.78, 5) is 12.4. The minimum absolute atomic E-state index is 0.0607. The number of amides is 2. The molecule has 1 atom stereocenters. The standard InChI is InChI=1S/C21H26N2O4/c1-4-27-20-18(25-2)11-14(12-19(20)26-3)13-22-21(24)23-17-10-9-15-7-5-6-8-16(15)17/h5-8,11-12,17H,4,9-10,13H2,1-3H3,(H2,22,23,24). The lowest BCUT2D eigenvalue weighted by atomic mass is 10.1. The van der Waals surface area contributed by atoms with Gasteiger partial charge < -0.3 is 24.8 Å². The zero-order chi connectivity index (χ0) is 19.2. The van der Waals surface area contributed by atoms with E-state index in [0.717, 1.165) is 18.4 Å². The number of fused-ring (bicyclic) bond motifs is 1. The van der Waals surface area contributed by atoms with Gasteiger partial charge in [-0.15, -0.1) is 0 Å². The Hall–Kier alpha value is -2.89. The Labute approximate surface area is 159 Å². The molecule has 1 aliphatic carbocycles. The molecule has 0 radical (unpaired) electrons. The molecule has 1 aliphatic rings. The first-order valence-corrected chi connectivity index (χ1v) is 9.16. The van der Waals surface area contributed by atoms with Crippen LogP contribution in [0.4, 0.5) is 4.79 Å². The highest BCUT2D eigenvalue weighted by atomic mass is 16.5. The maximum absolute atomic E-state index is 12.4. The molecule has 0 fully saturated rings. The van der Waals surface area contributed by atoms with Gasteiger partial charge in [0.05, 0.1) is 26.9 Å². The van der Waals surface area contributed by atoms with Crippen LogP contribution in [0, 0.1) is 0 Å². The Bertz CT molecular complexity index is 782. The van der Waals surface area contributed by atoms with E-state index in [1.807, 2.05) is 31.2 Å². The van der Waals surface area contributed by atoms with Gasteiger partial charge in [0.2, 0.25) is 5.75 Å². The number of ether oxygens (including phenoxy) is 3. The molecule has 0 saturated heterocycles. The fourth-order valence-electron chi connectivity index (χ4n) is 3.42. The minimum Gasteiger partial charge on any atom is -0.493 e. The van der Waals surface area contributed by atoms with Crippen LogP contribution in [0.3, 0.4) is 0 Å². The van der Waals surface area contributed by atoms with Crippen molar-refractivity contribution < 1.29 is 19.0 Å². The lowest BCUT2D eigenvalue weighted by Gasteiger charge is -2.17. The number of carbonyl (C=O) groups excluding carboxylic acids is 1. The highest BCUT2D eigenvalue weighted by molar-refractivity contribution is 5.74. The van der Waals surface area contributed by atoms with Crippen LogP contribution in [-0.2, 0) is 13.0 Å². The van der Waals surface area contributed by atoms with Crippen LogP contribution >= 0.6 is 0 Å². The number of hydrogen-bond acceptors (Lipinski definition) is 4. The minimum atomic E-state index is -0.191. The Balaban J connectivity index is 1.63. The molecule has 0 saturated carbocycles. The molecule has 2 aromatic carbocycles. The number of urea groups is 1. The smallest absolute Gasteiger partial charge is 0.315 e. The lowest BCUT2D eigenvalue weighted by Crippen LogP contribution is -2.36. The van der Waals surface area contributed by atoms with Crippen LogP contribution in [0.5, 0.6) is 17.2 Å².